The third kappa shape index (κ3) is 3.42. The third-order valence-corrected chi connectivity index (χ3v) is 4.52. The Morgan fingerprint density at radius 1 is 1.29 bits per heavy atom. The van der Waals surface area contributed by atoms with E-state index in [-0.39, 0.29) is 6.04 Å². The van der Waals surface area contributed by atoms with Crippen LogP contribution in [0.15, 0.2) is 42.5 Å². The number of carbonyl (C=O) groups is 1. The number of nitrogens with one attached hydrogen (secondary N) is 1. The van der Waals surface area contributed by atoms with Gasteiger partial charge in [0.2, 0.25) is 0 Å². The monoisotopic (exact) mass is 326 g/mol. The molecule has 0 bridgehead atoms. The number of hydroxylamine groups is 1. The predicted octanol–water partition coefficient (Wildman–Crippen LogP) is 3.07. The molecule has 0 saturated carbocycles. The number of hydrogen-bond donors (Lipinski definition) is 2. The first-order chi connectivity index (χ1) is 11.6. The average Bonchev–Trinajstić information content (AvgIpc) is 2.75. The summed E-state index contributed by atoms with van der Waals surface area (Å²) in [7, 11) is 0. The van der Waals surface area contributed by atoms with Crippen LogP contribution in [0.5, 0.6) is 5.75 Å². The molecule has 5 nitrogen and oxygen atoms in total. The summed E-state index contributed by atoms with van der Waals surface area (Å²) in [5, 5.41) is 8.78. The van der Waals surface area contributed by atoms with E-state index >= 15 is 0 Å². The molecule has 2 aromatic rings. The number of rotatable bonds is 3. The number of amides is 1. The van der Waals surface area contributed by atoms with Crippen molar-refractivity contribution in [2.24, 2.45) is 0 Å². The van der Waals surface area contributed by atoms with E-state index in [2.05, 4.69) is 43.0 Å². The Labute approximate surface area is 141 Å². The van der Waals surface area contributed by atoms with E-state index in [0.717, 1.165) is 18.7 Å². The molecule has 1 aliphatic rings. The highest BCUT2D eigenvalue weighted by atomic mass is 16.5. The van der Waals surface area contributed by atoms with Crippen molar-refractivity contribution in [3.05, 3.63) is 64.7 Å². The van der Waals surface area contributed by atoms with E-state index in [1.807, 2.05) is 6.07 Å². The Bertz CT molecular complexity index is 728. The standard InChI is InChI=1S/C19H22N2O3/c1-13-3-5-15(6-4-13)12-21-9-10-24-18-11-16(19(22)20-23)7-8-17(18)14(21)2/h3-8,11,14,23H,9-10,12H2,1-2H3,(H,20,22). The van der Waals surface area contributed by atoms with Gasteiger partial charge in [0.25, 0.3) is 5.91 Å². The molecule has 0 aliphatic carbocycles. The summed E-state index contributed by atoms with van der Waals surface area (Å²) in [4.78, 5) is 13.9. The van der Waals surface area contributed by atoms with Gasteiger partial charge in [-0.25, -0.2) is 5.48 Å². The van der Waals surface area contributed by atoms with Gasteiger partial charge in [-0.3, -0.25) is 14.9 Å². The van der Waals surface area contributed by atoms with Crippen molar-refractivity contribution in [1.82, 2.24) is 10.4 Å². The van der Waals surface area contributed by atoms with Crippen molar-refractivity contribution in [2.45, 2.75) is 26.4 Å². The fourth-order valence-electron chi connectivity index (χ4n) is 3.02. The van der Waals surface area contributed by atoms with Crippen molar-refractivity contribution in [2.75, 3.05) is 13.2 Å². The van der Waals surface area contributed by atoms with E-state index in [1.165, 1.54) is 11.1 Å². The molecule has 1 amide bonds. The molecular weight excluding hydrogens is 304 g/mol. The minimum Gasteiger partial charge on any atom is -0.492 e. The summed E-state index contributed by atoms with van der Waals surface area (Å²) >= 11 is 0. The number of ether oxygens (including phenoxy) is 1. The lowest BCUT2D eigenvalue weighted by molar-refractivity contribution is 0.0706. The van der Waals surface area contributed by atoms with Gasteiger partial charge in [0.15, 0.2) is 0 Å². The molecule has 3 rings (SSSR count). The molecule has 24 heavy (non-hydrogen) atoms. The minimum absolute atomic E-state index is 0.176. The van der Waals surface area contributed by atoms with Crippen LogP contribution in [0.2, 0.25) is 0 Å². The number of hydrogen-bond acceptors (Lipinski definition) is 4. The predicted molar refractivity (Wildman–Crippen MR) is 91.2 cm³/mol. The molecule has 0 fully saturated rings. The Morgan fingerprint density at radius 2 is 2.04 bits per heavy atom. The second kappa shape index (κ2) is 7.03. The quantitative estimate of drug-likeness (QED) is 0.672. The molecule has 5 heteroatoms. The van der Waals surface area contributed by atoms with E-state index in [1.54, 1.807) is 17.6 Å². The number of fused-ring (bicyclic) bond motifs is 1. The van der Waals surface area contributed by atoms with Crippen LogP contribution in [0.25, 0.3) is 0 Å². The highest BCUT2D eigenvalue weighted by Crippen LogP contribution is 2.33. The Morgan fingerprint density at radius 3 is 2.75 bits per heavy atom. The zero-order chi connectivity index (χ0) is 17.1. The first kappa shape index (κ1) is 16.5. The van der Waals surface area contributed by atoms with E-state index < -0.39 is 5.91 Å². The van der Waals surface area contributed by atoms with Crippen LogP contribution in [-0.4, -0.2) is 29.2 Å². The van der Waals surface area contributed by atoms with Gasteiger partial charge in [-0.05, 0) is 31.5 Å². The van der Waals surface area contributed by atoms with Crippen LogP contribution < -0.4 is 10.2 Å². The molecule has 1 atom stereocenters. The van der Waals surface area contributed by atoms with Crippen LogP contribution in [0, 0.1) is 6.92 Å². The van der Waals surface area contributed by atoms with Gasteiger partial charge in [-0.1, -0.05) is 35.9 Å². The largest absolute Gasteiger partial charge is 0.492 e. The maximum atomic E-state index is 11.6. The first-order valence-electron chi connectivity index (χ1n) is 8.09. The summed E-state index contributed by atoms with van der Waals surface area (Å²) < 4.78 is 5.84. The van der Waals surface area contributed by atoms with Crippen molar-refractivity contribution in [3.8, 4) is 5.75 Å². The Balaban J connectivity index is 1.83. The molecule has 1 aliphatic heterocycles. The van der Waals surface area contributed by atoms with Gasteiger partial charge in [0, 0.05) is 30.3 Å². The van der Waals surface area contributed by atoms with Crippen LogP contribution >= 0.6 is 0 Å². The van der Waals surface area contributed by atoms with E-state index in [4.69, 9.17) is 9.94 Å². The topological polar surface area (TPSA) is 61.8 Å². The van der Waals surface area contributed by atoms with Gasteiger partial charge in [0.05, 0.1) is 0 Å². The number of nitrogens with zero attached hydrogens (tertiary/aromatic N) is 1. The minimum atomic E-state index is -0.533. The maximum Gasteiger partial charge on any atom is 0.274 e. The van der Waals surface area contributed by atoms with Gasteiger partial charge >= 0.3 is 0 Å². The van der Waals surface area contributed by atoms with Crippen LogP contribution in [0.4, 0.5) is 0 Å². The van der Waals surface area contributed by atoms with Crippen LogP contribution in [-0.2, 0) is 6.54 Å². The fourth-order valence-corrected chi connectivity index (χ4v) is 3.02. The lowest BCUT2D eigenvalue weighted by atomic mass is 10.0. The number of aryl methyl sites for hydroxylation is 1. The molecule has 1 unspecified atom stereocenters. The molecule has 0 spiro atoms. The lowest BCUT2D eigenvalue weighted by Gasteiger charge is -2.27. The van der Waals surface area contributed by atoms with Gasteiger partial charge < -0.3 is 4.74 Å². The van der Waals surface area contributed by atoms with E-state index in [9.17, 15) is 4.79 Å². The fraction of sp³-hybridized carbons (Fsp3) is 0.316. The summed E-state index contributed by atoms with van der Waals surface area (Å²) in [5.74, 6) is 0.171. The SMILES string of the molecule is Cc1ccc(CN2CCOc3cc(C(=O)NO)ccc3C2C)cc1. The number of benzene rings is 2. The molecule has 0 saturated heterocycles. The van der Waals surface area contributed by atoms with Crippen LogP contribution in [0.3, 0.4) is 0 Å². The second-order valence-corrected chi connectivity index (χ2v) is 6.17. The molecular formula is C19H22N2O3. The molecule has 2 aromatic carbocycles. The second-order valence-electron chi connectivity index (χ2n) is 6.17. The highest BCUT2D eigenvalue weighted by molar-refractivity contribution is 5.93. The van der Waals surface area contributed by atoms with Gasteiger partial charge in [-0.15, -0.1) is 0 Å². The molecule has 2 N–H and O–H groups in total. The Hall–Kier alpha value is -2.37. The number of carbonyl (C=O) groups excluding carboxylic acids is 1. The summed E-state index contributed by atoms with van der Waals surface area (Å²) in [6, 6.07) is 14.0. The first-order valence-corrected chi connectivity index (χ1v) is 8.09. The van der Waals surface area contributed by atoms with Crippen molar-refractivity contribution in [3.63, 3.8) is 0 Å². The molecule has 0 radical (unpaired) electrons. The highest BCUT2D eigenvalue weighted by Gasteiger charge is 2.24. The normalized spacial score (nSPS) is 17.5. The maximum absolute atomic E-state index is 11.6. The summed E-state index contributed by atoms with van der Waals surface area (Å²) in [6.07, 6.45) is 0. The zero-order valence-corrected chi connectivity index (χ0v) is 14.0. The lowest BCUT2D eigenvalue weighted by Crippen LogP contribution is -2.28. The summed E-state index contributed by atoms with van der Waals surface area (Å²) in [5.41, 5.74) is 5.62. The van der Waals surface area contributed by atoms with Crippen molar-refractivity contribution in [1.29, 1.82) is 0 Å². The van der Waals surface area contributed by atoms with Crippen molar-refractivity contribution >= 4 is 5.91 Å². The summed E-state index contributed by atoms with van der Waals surface area (Å²) in [6.45, 7) is 6.46. The molecule has 126 valence electrons. The molecule has 1 heterocycles. The van der Waals surface area contributed by atoms with Crippen LogP contribution in [0.1, 0.15) is 40.0 Å². The zero-order valence-electron chi connectivity index (χ0n) is 14.0. The van der Waals surface area contributed by atoms with Crippen molar-refractivity contribution < 1.29 is 14.7 Å². The Kier molecular flexibility index (Phi) is 4.83. The third-order valence-electron chi connectivity index (χ3n) is 4.52. The van der Waals surface area contributed by atoms with Gasteiger partial charge in [-0.2, -0.15) is 0 Å². The molecule has 0 aromatic heterocycles. The average molecular weight is 326 g/mol. The smallest absolute Gasteiger partial charge is 0.274 e. The van der Waals surface area contributed by atoms with Gasteiger partial charge in [0.1, 0.15) is 12.4 Å². The van der Waals surface area contributed by atoms with E-state index in [0.29, 0.717) is 17.9 Å².